The predicted octanol–water partition coefficient (Wildman–Crippen LogP) is 2.71. The molecule has 0 aliphatic carbocycles. The zero-order valence-electron chi connectivity index (χ0n) is 11.9. The van der Waals surface area contributed by atoms with Gasteiger partial charge in [0.1, 0.15) is 6.29 Å². The van der Waals surface area contributed by atoms with Gasteiger partial charge in [0.2, 0.25) is 0 Å². The first kappa shape index (κ1) is 15.8. The molecule has 6 heteroatoms. The van der Waals surface area contributed by atoms with Gasteiger partial charge < -0.3 is 14.8 Å². The lowest BCUT2D eigenvalue weighted by atomic mass is 10.1. The normalized spacial score (nSPS) is 18.6. The van der Waals surface area contributed by atoms with Crippen molar-refractivity contribution in [2.75, 3.05) is 13.2 Å². The van der Waals surface area contributed by atoms with E-state index >= 15 is 0 Å². The summed E-state index contributed by atoms with van der Waals surface area (Å²) >= 11 is 3.38. The van der Waals surface area contributed by atoms with Crippen LogP contribution in [0.15, 0.2) is 16.6 Å². The van der Waals surface area contributed by atoms with E-state index in [2.05, 4.69) is 21.2 Å². The number of aldehydes is 1. The molecule has 0 radical (unpaired) electrons. The fourth-order valence-corrected chi connectivity index (χ4v) is 2.75. The van der Waals surface area contributed by atoms with Crippen molar-refractivity contribution in [1.29, 1.82) is 0 Å². The second-order valence-electron chi connectivity index (χ2n) is 4.77. The Morgan fingerprint density at radius 1 is 1.43 bits per heavy atom. The number of carbonyl (C=O) groups excluding carboxylic acids is 2. The van der Waals surface area contributed by atoms with E-state index in [0.29, 0.717) is 41.1 Å². The van der Waals surface area contributed by atoms with Crippen LogP contribution in [-0.2, 0) is 4.79 Å². The van der Waals surface area contributed by atoms with E-state index in [1.807, 2.05) is 6.92 Å². The maximum atomic E-state index is 12.0. The average molecular weight is 356 g/mol. The Kier molecular flexibility index (Phi) is 5.61. The summed E-state index contributed by atoms with van der Waals surface area (Å²) in [6.07, 6.45) is 2.76. The Hall–Kier alpha value is -1.56. The van der Waals surface area contributed by atoms with Crippen LogP contribution >= 0.6 is 15.9 Å². The quantitative estimate of drug-likeness (QED) is 0.824. The molecule has 1 amide bonds. The summed E-state index contributed by atoms with van der Waals surface area (Å²) in [6, 6.07) is 3.27. The first-order valence-electron chi connectivity index (χ1n) is 7.01. The molecular weight excluding hydrogens is 338 g/mol. The van der Waals surface area contributed by atoms with Gasteiger partial charge in [0.25, 0.3) is 5.91 Å². The molecule has 1 N–H and O–H groups in total. The van der Waals surface area contributed by atoms with Crippen LogP contribution in [0, 0.1) is 0 Å². The molecule has 21 heavy (non-hydrogen) atoms. The van der Waals surface area contributed by atoms with Crippen LogP contribution in [0.4, 0.5) is 0 Å². The lowest BCUT2D eigenvalue weighted by Crippen LogP contribution is -2.36. The van der Waals surface area contributed by atoms with Crippen molar-refractivity contribution < 1.29 is 19.1 Å². The van der Waals surface area contributed by atoms with Gasteiger partial charge in [-0.1, -0.05) is 0 Å². The van der Waals surface area contributed by atoms with Gasteiger partial charge in [-0.05, 0) is 54.2 Å². The van der Waals surface area contributed by atoms with Crippen LogP contribution in [0.25, 0.3) is 0 Å². The third-order valence-corrected chi connectivity index (χ3v) is 3.80. The lowest BCUT2D eigenvalue weighted by molar-refractivity contribution is -0.127. The number of nitrogens with one attached hydrogen (secondary N) is 1. The number of carbonyl (C=O) groups is 2. The molecule has 114 valence electrons. The highest BCUT2D eigenvalue weighted by Gasteiger charge is 2.25. The number of amides is 1. The summed E-state index contributed by atoms with van der Waals surface area (Å²) in [7, 11) is 0. The number of ether oxygens (including phenoxy) is 2. The molecule has 0 spiro atoms. The zero-order chi connectivity index (χ0) is 15.2. The Morgan fingerprint density at radius 2 is 2.24 bits per heavy atom. The number of rotatable bonds is 5. The molecule has 2 rings (SSSR count). The largest absolute Gasteiger partial charge is 0.490 e. The summed E-state index contributed by atoms with van der Waals surface area (Å²) in [5, 5.41) is 2.83. The number of hydrogen-bond donors (Lipinski definition) is 1. The summed E-state index contributed by atoms with van der Waals surface area (Å²) in [4.78, 5) is 22.9. The van der Waals surface area contributed by atoms with E-state index in [-0.39, 0.29) is 5.91 Å². The molecular formula is C15H18BrNO4. The smallest absolute Gasteiger partial charge is 0.261 e. The van der Waals surface area contributed by atoms with Crippen LogP contribution in [-0.4, -0.2) is 31.4 Å². The Bertz CT molecular complexity index is 533. The third kappa shape index (κ3) is 3.97. The third-order valence-electron chi connectivity index (χ3n) is 3.21. The molecule has 1 fully saturated rings. The summed E-state index contributed by atoms with van der Waals surface area (Å²) in [6.45, 7) is 2.98. The van der Waals surface area contributed by atoms with Gasteiger partial charge in [0.15, 0.2) is 17.6 Å². The van der Waals surface area contributed by atoms with Crippen LogP contribution in [0.1, 0.15) is 36.5 Å². The lowest BCUT2D eigenvalue weighted by Gasteiger charge is -2.19. The Labute approximate surface area is 132 Å². The highest BCUT2D eigenvalue weighted by atomic mass is 79.9. The standard InChI is InChI=1S/C15H18BrNO4/c1-2-20-13-8-10(9-18)7-11(16)14(13)21-12-5-3-4-6-17-15(12)19/h7-9,12H,2-6H2,1H3,(H,17,19). The van der Waals surface area contributed by atoms with Gasteiger partial charge >= 0.3 is 0 Å². The average Bonchev–Trinajstić information content (AvgIpc) is 2.67. The molecule has 5 nitrogen and oxygen atoms in total. The monoisotopic (exact) mass is 355 g/mol. The van der Waals surface area contributed by atoms with Crippen molar-refractivity contribution in [2.24, 2.45) is 0 Å². The Morgan fingerprint density at radius 3 is 2.95 bits per heavy atom. The second kappa shape index (κ2) is 7.45. The van der Waals surface area contributed by atoms with Crippen molar-refractivity contribution >= 4 is 28.1 Å². The molecule has 1 aliphatic rings. The molecule has 0 aromatic heterocycles. The number of halogens is 1. The summed E-state index contributed by atoms with van der Waals surface area (Å²) < 4.78 is 12.0. The zero-order valence-corrected chi connectivity index (χ0v) is 13.4. The van der Waals surface area contributed by atoms with Gasteiger partial charge in [0.05, 0.1) is 11.1 Å². The summed E-state index contributed by atoms with van der Waals surface area (Å²) in [5.74, 6) is 0.817. The molecule has 1 aliphatic heterocycles. The minimum absolute atomic E-state index is 0.110. The van der Waals surface area contributed by atoms with E-state index in [1.165, 1.54) is 0 Å². The molecule has 1 aromatic rings. The molecule has 1 unspecified atom stereocenters. The van der Waals surface area contributed by atoms with Gasteiger partial charge in [-0.25, -0.2) is 0 Å². The maximum absolute atomic E-state index is 12.0. The number of hydrogen-bond acceptors (Lipinski definition) is 4. The second-order valence-corrected chi connectivity index (χ2v) is 5.63. The van der Waals surface area contributed by atoms with Crippen molar-refractivity contribution in [3.63, 3.8) is 0 Å². The molecule has 1 heterocycles. The Balaban J connectivity index is 2.28. The van der Waals surface area contributed by atoms with Gasteiger partial charge in [-0.3, -0.25) is 9.59 Å². The molecule has 1 atom stereocenters. The maximum Gasteiger partial charge on any atom is 0.261 e. The van der Waals surface area contributed by atoms with Crippen LogP contribution in [0.3, 0.4) is 0 Å². The van der Waals surface area contributed by atoms with Crippen LogP contribution in [0.2, 0.25) is 0 Å². The van der Waals surface area contributed by atoms with E-state index < -0.39 is 6.10 Å². The first-order valence-corrected chi connectivity index (χ1v) is 7.81. The molecule has 0 saturated carbocycles. The minimum atomic E-state index is -0.537. The van der Waals surface area contributed by atoms with E-state index in [0.717, 1.165) is 19.1 Å². The van der Waals surface area contributed by atoms with Crippen molar-refractivity contribution in [3.8, 4) is 11.5 Å². The molecule has 1 aromatic carbocycles. The van der Waals surface area contributed by atoms with Crippen molar-refractivity contribution in [2.45, 2.75) is 32.3 Å². The predicted molar refractivity (Wildman–Crippen MR) is 82.0 cm³/mol. The fraction of sp³-hybridized carbons (Fsp3) is 0.467. The SMILES string of the molecule is CCOc1cc(C=O)cc(Br)c1OC1CCCCNC1=O. The van der Waals surface area contributed by atoms with Gasteiger partial charge in [-0.2, -0.15) is 0 Å². The minimum Gasteiger partial charge on any atom is -0.490 e. The molecule has 0 bridgehead atoms. The van der Waals surface area contributed by atoms with Crippen molar-refractivity contribution in [3.05, 3.63) is 22.2 Å². The fourth-order valence-electron chi connectivity index (χ4n) is 2.20. The van der Waals surface area contributed by atoms with Gasteiger partial charge in [-0.15, -0.1) is 0 Å². The van der Waals surface area contributed by atoms with Crippen molar-refractivity contribution in [1.82, 2.24) is 5.32 Å². The molecule has 1 saturated heterocycles. The van der Waals surface area contributed by atoms with Crippen LogP contribution in [0.5, 0.6) is 11.5 Å². The number of benzene rings is 1. The highest BCUT2D eigenvalue weighted by Crippen LogP contribution is 2.37. The summed E-state index contributed by atoms with van der Waals surface area (Å²) in [5.41, 5.74) is 0.489. The topological polar surface area (TPSA) is 64.6 Å². The highest BCUT2D eigenvalue weighted by molar-refractivity contribution is 9.10. The van der Waals surface area contributed by atoms with Crippen LogP contribution < -0.4 is 14.8 Å². The van der Waals surface area contributed by atoms with E-state index in [1.54, 1.807) is 12.1 Å². The van der Waals surface area contributed by atoms with E-state index in [4.69, 9.17) is 9.47 Å². The first-order chi connectivity index (χ1) is 10.2. The van der Waals surface area contributed by atoms with E-state index in [9.17, 15) is 9.59 Å². The van der Waals surface area contributed by atoms with Gasteiger partial charge in [0, 0.05) is 12.1 Å².